The fourth-order valence-electron chi connectivity index (χ4n) is 3.99. The molecular formula is C25H39N3O4. The number of hydrogen-bond donors (Lipinski definition) is 3. The van der Waals surface area contributed by atoms with E-state index < -0.39 is 23.6 Å². The average molecular weight is 446 g/mol. The summed E-state index contributed by atoms with van der Waals surface area (Å²) in [7, 11) is 0. The second-order valence-electron chi connectivity index (χ2n) is 11.0. The summed E-state index contributed by atoms with van der Waals surface area (Å²) in [4.78, 5) is 39.5. The lowest BCUT2D eigenvalue weighted by molar-refractivity contribution is -0.144. The molecule has 1 fully saturated rings. The zero-order chi connectivity index (χ0) is 24.4. The molecule has 7 heteroatoms. The van der Waals surface area contributed by atoms with Gasteiger partial charge in [-0.25, -0.2) is 0 Å². The van der Waals surface area contributed by atoms with E-state index in [0.29, 0.717) is 0 Å². The molecule has 3 amide bonds. The average Bonchev–Trinajstić information content (AvgIpc) is 3.06. The topological polar surface area (TPSA) is 98.7 Å². The first-order chi connectivity index (χ1) is 14.6. The van der Waals surface area contributed by atoms with E-state index >= 15 is 0 Å². The van der Waals surface area contributed by atoms with Crippen LogP contribution in [0.25, 0.3) is 0 Å². The third-order valence-corrected chi connectivity index (χ3v) is 5.96. The monoisotopic (exact) mass is 445 g/mol. The van der Waals surface area contributed by atoms with Gasteiger partial charge >= 0.3 is 0 Å². The molecule has 1 aromatic rings. The second-order valence-corrected chi connectivity index (χ2v) is 11.0. The molecule has 2 rings (SSSR count). The SMILES string of the molecule is CC(=O)NC(C(=O)N1C[C@H](O)C[C@H]1C(=O)NC(C)c1ccc(C(C)(C)C)cc1)C(C)(C)C. The van der Waals surface area contributed by atoms with Crippen LogP contribution in [0.4, 0.5) is 0 Å². The lowest BCUT2D eigenvalue weighted by atomic mass is 9.85. The number of hydrogen-bond acceptors (Lipinski definition) is 4. The normalized spacial score (nSPS) is 21.1. The molecule has 7 nitrogen and oxygen atoms in total. The van der Waals surface area contributed by atoms with Crippen molar-refractivity contribution in [2.24, 2.45) is 5.41 Å². The Morgan fingerprint density at radius 2 is 1.59 bits per heavy atom. The number of amides is 3. The maximum Gasteiger partial charge on any atom is 0.246 e. The van der Waals surface area contributed by atoms with Crippen LogP contribution in [0, 0.1) is 5.41 Å². The van der Waals surface area contributed by atoms with Crippen molar-refractivity contribution >= 4 is 17.7 Å². The van der Waals surface area contributed by atoms with Gasteiger partial charge in [0.15, 0.2) is 0 Å². The zero-order valence-electron chi connectivity index (χ0n) is 20.7. The van der Waals surface area contributed by atoms with Gasteiger partial charge < -0.3 is 20.6 Å². The van der Waals surface area contributed by atoms with Gasteiger partial charge in [-0.15, -0.1) is 0 Å². The van der Waals surface area contributed by atoms with Gasteiger partial charge in [0.2, 0.25) is 17.7 Å². The van der Waals surface area contributed by atoms with E-state index in [1.54, 1.807) is 0 Å². The first-order valence-corrected chi connectivity index (χ1v) is 11.3. The number of rotatable bonds is 5. The fraction of sp³-hybridized carbons (Fsp3) is 0.640. The highest BCUT2D eigenvalue weighted by Gasteiger charge is 2.44. The van der Waals surface area contributed by atoms with Crippen molar-refractivity contribution < 1.29 is 19.5 Å². The number of aliphatic hydroxyl groups is 1. The molecule has 2 unspecified atom stereocenters. The van der Waals surface area contributed by atoms with E-state index in [0.717, 1.165) is 5.56 Å². The highest BCUT2D eigenvalue weighted by Crippen LogP contribution is 2.27. The summed E-state index contributed by atoms with van der Waals surface area (Å²) < 4.78 is 0. The number of benzene rings is 1. The minimum atomic E-state index is -0.789. The third kappa shape index (κ3) is 6.31. The molecule has 1 heterocycles. The summed E-state index contributed by atoms with van der Waals surface area (Å²) in [5.74, 6) is -0.976. The summed E-state index contributed by atoms with van der Waals surface area (Å²) in [6, 6.07) is 6.31. The van der Waals surface area contributed by atoms with Crippen molar-refractivity contribution in [2.45, 2.75) is 91.5 Å². The molecule has 0 radical (unpaired) electrons. The van der Waals surface area contributed by atoms with Gasteiger partial charge in [-0.05, 0) is 28.9 Å². The Kier molecular flexibility index (Phi) is 7.76. The summed E-state index contributed by atoms with van der Waals surface area (Å²) in [6.07, 6.45) is -0.612. The molecule has 1 saturated heterocycles. The van der Waals surface area contributed by atoms with Crippen molar-refractivity contribution in [1.29, 1.82) is 0 Å². The molecule has 0 saturated carbocycles. The van der Waals surface area contributed by atoms with Crippen molar-refractivity contribution in [3.63, 3.8) is 0 Å². The van der Waals surface area contributed by atoms with Crippen LogP contribution in [0.5, 0.6) is 0 Å². The number of likely N-dealkylation sites (tertiary alicyclic amines) is 1. The highest BCUT2D eigenvalue weighted by atomic mass is 16.3. The maximum atomic E-state index is 13.3. The van der Waals surface area contributed by atoms with Crippen molar-refractivity contribution in [2.75, 3.05) is 6.54 Å². The Morgan fingerprint density at radius 3 is 2.06 bits per heavy atom. The van der Waals surface area contributed by atoms with Gasteiger partial charge in [0.05, 0.1) is 12.1 Å². The molecule has 178 valence electrons. The Bertz CT molecular complexity index is 836. The molecule has 3 N–H and O–H groups in total. The summed E-state index contributed by atoms with van der Waals surface area (Å²) >= 11 is 0. The van der Waals surface area contributed by atoms with E-state index in [4.69, 9.17) is 0 Å². The molecule has 1 aliphatic heterocycles. The van der Waals surface area contributed by atoms with Gasteiger partial charge in [-0.2, -0.15) is 0 Å². The minimum absolute atomic E-state index is 0.0450. The smallest absolute Gasteiger partial charge is 0.246 e. The number of nitrogens with one attached hydrogen (secondary N) is 2. The highest BCUT2D eigenvalue weighted by molar-refractivity contribution is 5.93. The lowest BCUT2D eigenvalue weighted by Crippen LogP contribution is -2.57. The predicted octanol–water partition coefficient (Wildman–Crippen LogP) is 2.67. The van der Waals surface area contributed by atoms with Gasteiger partial charge in [-0.3, -0.25) is 14.4 Å². The van der Waals surface area contributed by atoms with Crippen LogP contribution in [-0.2, 0) is 19.8 Å². The van der Waals surface area contributed by atoms with Crippen molar-refractivity contribution in [1.82, 2.24) is 15.5 Å². The van der Waals surface area contributed by atoms with Gasteiger partial charge in [0.1, 0.15) is 12.1 Å². The molecule has 4 atom stereocenters. The number of aliphatic hydroxyl groups excluding tert-OH is 1. The van der Waals surface area contributed by atoms with E-state index in [-0.39, 0.29) is 42.1 Å². The van der Waals surface area contributed by atoms with E-state index in [1.165, 1.54) is 17.4 Å². The molecule has 1 aliphatic rings. The molecule has 0 spiro atoms. The summed E-state index contributed by atoms with van der Waals surface area (Å²) in [5, 5.41) is 15.9. The maximum absolute atomic E-state index is 13.3. The van der Waals surface area contributed by atoms with E-state index in [2.05, 4.69) is 43.5 Å². The largest absolute Gasteiger partial charge is 0.391 e. The predicted molar refractivity (Wildman–Crippen MR) is 125 cm³/mol. The Hall–Kier alpha value is -2.41. The first kappa shape index (κ1) is 25.8. The third-order valence-electron chi connectivity index (χ3n) is 5.96. The Labute approximate surface area is 191 Å². The summed E-state index contributed by atoms with van der Waals surface area (Å²) in [6.45, 7) is 15.3. The summed E-state index contributed by atoms with van der Waals surface area (Å²) in [5.41, 5.74) is 1.68. The fourth-order valence-corrected chi connectivity index (χ4v) is 3.99. The number of nitrogens with zero attached hydrogens (tertiary/aromatic N) is 1. The number of carbonyl (C=O) groups is 3. The van der Waals surface area contributed by atoms with Crippen LogP contribution in [0.15, 0.2) is 24.3 Å². The molecule has 0 aliphatic carbocycles. The second kappa shape index (κ2) is 9.61. The van der Waals surface area contributed by atoms with Gasteiger partial charge in [0.25, 0.3) is 0 Å². The van der Waals surface area contributed by atoms with Gasteiger partial charge in [0, 0.05) is 19.9 Å². The van der Waals surface area contributed by atoms with E-state index in [1.807, 2.05) is 39.8 Å². The molecule has 32 heavy (non-hydrogen) atoms. The number of carbonyl (C=O) groups excluding carboxylic acids is 3. The molecular weight excluding hydrogens is 406 g/mol. The van der Waals surface area contributed by atoms with Crippen LogP contribution in [0.2, 0.25) is 0 Å². The van der Waals surface area contributed by atoms with Crippen LogP contribution >= 0.6 is 0 Å². The van der Waals surface area contributed by atoms with Crippen LogP contribution in [0.3, 0.4) is 0 Å². The van der Waals surface area contributed by atoms with Crippen LogP contribution in [-0.4, -0.2) is 52.5 Å². The molecule has 0 aromatic heterocycles. The Morgan fingerprint density at radius 1 is 1.03 bits per heavy atom. The standard InChI is InChI=1S/C25H39N3O4/c1-15(17-9-11-18(12-10-17)24(3,4)5)26-22(31)20-13-19(30)14-28(20)23(32)21(25(6,7)8)27-16(2)29/h9-12,15,19-21,30H,13-14H2,1-8H3,(H,26,31)(H,27,29)/t15?,19-,20+,21?/m1/s1. The zero-order valence-corrected chi connectivity index (χ0v) is 20.7. The van der Waals surface area contributed by atoms with Crippen molar-refractivity contribution in [3.8, 4) is 0 Å². The van der Waals surface area contributed by atoms with E-state index in [9.17, 15) is 19.5 Å². The molecule has 0 bridgehead atoms. The molecule has 1 aromatic carbocycles. The van der Waals surface area contributed by atoms with Crippen molar-refractivity contribution in [3.05, 3.63) is 35.4 Å². The van der Waals surface area contributed by atoms with Gasteiger partial charge in [-0.1, -0.05) is 65.8 Å². The first-order valence-electron chi connectivity index (χ1n) is 11.3. The Balaban J connectivity index is 2.17. The minimum Gasteiger partial charge on any atom is -0.391 e. The van der Waals surface area contributed by atoms with Crippen LogP contribution in [0.1, 0.15) is 79.0 Å². The van der Waals surface area contributed by atoms with Crippen LogP contribution < -0.4 is 10.6 Å². The lowest BCUT2D eigenvalue weighted by Gasteiger charge is -2.35. The quantitative estimate of drug-likeness (QED) is 0.649. The number of β-amino-alcohol motifs (C(OH)–C–C–N with tert-alkyl or cyclic N) is 1.